The molecule has 1 N–H and O–H groups in total. The maximum absolute atomic E-state index is 11.8. The largest absolute Gasteiger partial charge is 0.356 e. The molecule has 1 atom stereocenters. The molecule has 0 aliphatic carbocycles. The number of hydrogen-bond acceptors (Lipinski definition) is 1. The van der Waals surface area contributed by atoms with Crippen molar-refractivity contribution in [3.63, 3.8) is 0 Å². The topological polar surface area (TPSA) is 29.1 Å². The number of quaternary nitrogens is 1. The average Bonchev–Trinajstić information content (AvgIpc) is 2.72. The summed E-state index contributed by atoms with van der Waals surface area (Å²) >= 11 is 0. The molecule has 1 unspecified atom stereocenters. The number of nitrogens with zero attached hydrogens (tertiary/aromatic N) is 1. The van der Waals surface area contributed by atoms with E-state index < -0.39 is 0 Å². The fourth-order valence-electron chi connectivity index (χ4n) is 2.86. The van der Waals surface area contributed by atoms with Crippen LogP contribution in [-0.2, 0) is 4.79 Å². The zero-order valence-corrected chi connectivity index (χ0v) is 21.9. The lowest BCUT2D eigenvalue weighted by Crippen LogP contribution is -2.36. The van der Waals surface area contributed by atoms with E-state index in [9.17, 15) is 4.79 Å². The van der Waals surface area contributed by atoms with E-state index in [1.165, 1.54) is 38.4 Å². The molecule has 4 heteroatoms. The number of nitrogens with one attached hydrogen (secondary N) is 1. The molecule has 0 heterocycles. The van der Waals surface area contributed by atoms with Gasteiger partial charge in [0, 0.05) is 19.1 Å². The summed E-state index contributed by atoms with van der Waals surface area (Å²) in [4.78, 5) is 11.8. The molecule has 3 nitrogen and oxygen atoms in total. The van der Waals surface area contributed by atoms with Crippen LogP contribution in [0.1, 0.15) is 71.1 Å². The molecule has 1 amide bonds. The molecule has 31 heavy (non-hydrogen) atoms. The van der Waals surface area contributed by atoms with E-state index >= 15 is 0 Å². The SMILES string of the molecule is CCCCC/C=C\C/C=C\C/C=C\C/C=C\CCCC(=O)NCCPCC[N+](C)(C)C. The van der Waals surface area contributed by atoms with Crippen molar-refractivity contribution < 1.29 is 9.28 Å². The highest BCUT2D eigenvalue weighted by Crippen LogP contribution is 2.09. The number of carbonyl (C=O) groups is 1. The summed E-state index contributed by atoms with van der Waals surface area (Å²) in [5.74, 6) is 0.201. The smallest absolute Gasteiger partial charge is 0.220 e. The summed E-state index contributed by atoms with van der Waals surface area (Å²) < 4.78 is 1.02. The average molecular weight is 450 g/mol. The lowest BCUT2D eigenvalue weighted by Gasteiger charge is -2.23. The van der Waals surface area contributed by atoms with Crippen LogP contribution in [0.15, 0.2) is 48.6 Å². The van der Waals surface area contributed by atoms with E-state index in [1.54, 1.807) is 0 Å². The first-order chi connectivity index (χ1) is 15.0. The third-order valence-corrected chi connectivity index (χ3v) is 6.00. The molecule has 0 rings (SSSR count). The standard InChI is InChI=1S/C27H49N2OP/c1-5-6-7-8-9-10-11-12-13-14-15-16-17-18-19-20-21-22-27(30)28-23-25-31-26-24-29(2,3)4/h9-10,12-13,15-16,18-19,31H,5-8,11,14,17,20-26H2,1-4H3/p+1/b10-9-,13-12-,16-15-,19-18-. The molecule has 178 valence electrons. The van der Waals surface area contributed by atoms with Gasteiger partial charge in [0.15, 0.2) is 0 Å². The van der Waals surface area contributed by atoms with Crippen molar-refractivity contribution in [3.8, 4) is 0 Å². The Morgan fingerprint density at radius 2 is 1.32 bits per heavy atom. The van der Waals surface area contributed by atoms with Gasteiger partial charge in [-0.15, -0.1) is 8.58 Å². The van der Waals surface area contributed by atoms with Gasteiger partial charge in [0.1, 0.15) is 0 Å². The van der Waals surface area contributed by atoms with Gasteiger partial charge in [-0.3, -0.25) is 4.79 Å². The summed E-state index contributed by atoms with van der Waals surface area (Å²) in [6, 6.07) is 0. The maximum atomic E-state index is 11.8. The molecule has 0 aromatic rings. The van der Waals surface area contributed by atoms with Crippen LogP contribution in [0.25, 0.3) is 0 Å². The number of rotatable bonds is 20. The summed E-state index contributed by atoms with van der Waals surface area (Å²) in [5, 5.41) is 3.05. The van der Waals surface area contributed by atoms with Gasteiger partial charge in [-0.05, 0) is 51.1 Å². The molecule has 0 fully saturated rings. The van der Waals surface area contributed by atoms with Crippen LogP contribution in [0.3, 0.4) is 0 Å². The van der Waals surface area contributed by atoms with Gasteiger partial charge in [0.05, 0.1) is 27.7 Å². The second kappa shape index (κ2) is 22.0. The molecule has 0 aromatic heterocycles. The number of unbranched alkanes of at least 4 members (excludes halogenated alkanes) is 4. The van der Waals surface area contributed by atoms with E-state index in [0.717, 1.165) is 57.9 Å². The van der Waals surface area contributed by atoms with E-state index in [1.807, 2.05) is 0 Å². The Bertz CT molecular complexity index is 530. The van der Waals surface area contributed by atoms with Crippen molar-refractivity contribution in [2.24, 2.45) is 0 Å². The molecule has 0 aliphatic heterocycles. The van der Waals surface area contributed by atoms with Gasteiger partial charge < -0.3 is 9.80 Å². The van der Waals surface area contributed by atoms with Crippen LogP contribution in [0, 0.1) is 0 Å². The highest BCUT2D eigenvalue weighted by atomic mass is 31.1. The van der Waals surface area contributed by atoms with Crippen LogP contribution >= 0.6 is 8.58 Å². The monoisotopic (exact) mass is 449 g/mol. The molecule has 0 bridgehead atoms. The number of allylic oxidation sites excluding steroid dienone is 8. The van der Waals surface area contributed by atoms with Crippen LogP contribution in [0.2, 0.25) is 0 Å². The first-order valence-electron chi connectivity index (χ1n) is 12.3. The zero-order chi connectivity index (χ0) is 23.0. The van der Waals surface area contributed by atoms with Gasteiger partial charge in [-0.1, -0.05) is 68.4 Å². The van der Waals surface area contributed by atoms with E-state index in [4.69, 9.17) is 0 Å². The van der Waals surface area contributed by atoms with Crippen molar-refractivity contribution in [2.45, 2.75) is 71.1 Å². The fourth-order valence-corrected chi connectivity index (χ4v) is 4.24. The Balaban J connectivity index is 3.48. The van der Waals surface area contributed by atoms with E-state index in [2.05, 4.69) is 82.0 Å². The lowest BCUT2D eigenvalue weighted by atomic mass is 10.2. The van der Waals surface area contributed by atoms with Crippen LogP contribution in [0.4, 0.5) is 0 Å². The molecular formula is C27H50N2OP+. The van der Waals surface area contributed by atoms with Crippen molar-refractivity contribution in [3.05, 3.63) is 48.6 Å². The minimum absolute atomic E-state index is 0.201. The third-order valence-electron chi connectivity index (χ3n) is 4.82. The van der Waals surface area contributed by atoms with Gasteiger partial charge in [-0.2, -0.15) is 0 Å². The Morgan fingerprint density at radius 1 is 0.774 bits per heavy atom. The van der Waals surface area contributed by atoms with E-state index in [0.29, 0.717) is 6.42 Å². The fraction of sp³-hybridized carbons (Fsp3) is 0.667. The predicted octanol–water partition coefficient (Wildman–Crippen LogP) is 6.63. The first-order valence-corrected chi connectivity index (χ1v) is 13.7. The molecule has 0 aromatic carbocycles. The Morgan fingerprint density at radius 3 is 1.87 bits per heavy atom. The number of amides is 1. The van der Waals surface area contributed by atoms with Crippen LogP contribution in [0.5, 0.6) is 0 Å². The summed E-state index contributed by atoms with van der Waals surface area (Å²) in [6.07, 6.45) is 31.0. The lowest BCUT2D eigenvalue weighted by molar-refractivity contribution is -0.867. The molecule has 0 aliphatic rings. The molecule has 0 spiro atoms. The Kier molecular flexibility index (Phi) is 21.2. The Hall–Kier alpha value is -1.18. The third kappa shape index (κ3) is 26.8. The van der Waals surface area contributed by atoms with Crippen molar-refractivity contribution in [2.75, 3.05) is 46.6 Å². The minimum atomic E-state index is 0.201. The second-order valence-electron chi connectivity index (χ2n) is 9.09. The predicted molar refractivity (Wildman–Crippen MR) is 142 cm³/mol. The van der Waals surface area contributed by atoms with Gasteiger partial charge in [-0.25, -0.2) is 0 Å². The van der Waals surface area contributed by atoms with Crippen molar-refractivity contribution in [1.82, 2.24) is 5.32 Å². The second-order valence-corrected chi connectivity index (χ2v) is 10.6. The minimum Gasteiger partial charge on any atom is -0.356 e. The zero-order valence-electron chi connectivity index (χ0n) is 20.9. The number of hydrogen-bond donors (Lipinski definition) is 1. The summed E-state index contributed by atoms with van der Waals surface area (Å²) in [7, 11) is 7.63. The Labute approximate surface area is 195 Å². The van der Waals surface area contributed by atoms with Crippen LogP contribution < -0.4 is 5.32 Å². The van der Waals surface area contributed by atoms with Crippen molar-refractivity contribution in [1.29, 1.82) is 0 Å². The molecule has 0 radical (unpaired) electrons. The van der Waals surface area contributed by atoms with Gasteiger partial charge >= 0.3 is 0 Å². The normalized spacial score (nSPS) is 13.2. The summed E-state index contributed by atoms with van der Waals surface area (Å²) in [6.45, 7) is 4.29. The number of carbonyl (C=O) groups excluding carboxylic acids is 1. The molecule has 0 saturated carbocycles. The molecular weight excluding hydrogens is 399 g/mol. The summed E-state index contributed by atoms with van der Waals surface area (Å²) in [5.41, 5.74) is 0. The molecule has 0 saturated heterocycles. The van der Waals surface area contributed by atoms with E-state index in [-0.39, 0.29) is 5.91 Å². The highest BCUT2D eigenvalue weighted by Gasteiger charge is 2.05. The van der Waals surface area contributed by atoms with Crippen molar-refractivity contribution >= 4 is 14.5 Å². The van der Waals surface area contributed by atoms with Gasteiger partial charge in [0.2, 0.25) is 5.91 Å². The maximum Gasteiger partial charge on any atom is 0.220 e. The quantitative estimate of drug-likeness (QED) is 0.0960. The first kappa shape index (κ1) is 29.8. The van der Waals surface area contributed by atoms with Gasteiger partial charge in [0.25, 0.3) is 0 Å². The van der Waals surface area contributed by atoms with Crippen LogP contribution in [-0.4, -0.2) is 56.9 Å². The highest BCUT2D eigenvalue weighted by molar-refractivity contribution is 7.38.